The zero-order chi connectivity index (χ0) is 17.6. The van der Waals surface area contributed by atoms with Crippen LogP contribution in [0.2, 0.25) is 0 Å². The Bertz CT molecular complexity index is 463. The number of amides is 1. The van der Waals surface area contributed by atoms with E-state index in [2.05, 4.69) is 6.58 Å². The summed E-state index contributed by atoms with van der Waals surface area (Å²) in [6.45, 7) is 10.9. The molecular formula is C16H25NO6. The van der Waals surface area contributed by atoms with E-state index in [-0.39, 0.29) is 29.1 Å². The molecule has 2 fully saturated rings. The van der Waals surface area contributed by atoms with Crippen LogP contribution in [0, 0.1) is 17.3 Å². The number of carbonyl (C=O) groups excluding carboxylic acids is 2. The number of aliphatic carboxylic acids is 1. The lowest BCUT2D eigenvalue weighted by Gasteiger charge is -2.50. The van der Waals surface area contributed by atoms with Gasteiger partial charge in [-0.05, 0) is 11.8 Å². The second-order valence-electron chi connectivity index (χ2n) is 6.22. The maximum absolute atomic E-state index is 12.4. The van der Waals surface area contributed by atoms with E-state index < -0.39 is 5.97 Å². The van der Waals surface area contributed by atoms with Gasteiger partial charge in [0.25, 0.3) is 5.97 Å². The van der Waals surface area contributed by atoms with Gasteiger partial charge < -0.3 is 19.5 Å². The third-order valence-electron chi connectivity index (χ3n) is 4.37. The van der Waals surface area contributed by atoms with Crippen LogP contribution in [0.3, 0.4) is 0 Å². The summed E-state index contributed by atoms with van der Waals surface area (Å²) in [6, 6.07) is 0. The van der Waals surface area contributed by atoms with Gasteiger partial charge in [-0.15, -0.1) is 0 Å². The molecule has 2 rings (SSSR count). The van der Waals surface area contributed by atoms with Crippen molar-refractivity contribution in [1.82, 2.24) is 4.90 Å². The Morgan fingerprint density at radius 3 is 2.22 bits per heavy atom. The molecule has 7 heteroatoms. The molecule has 23 heavy (non-hydrogen) atoms. The molecule has 0 aromatic carbocycles. The Kier molecular flexibility index (Phi) is 6.75. The van der Waals surface area contributed by atoms with Crippen LogP contribution in [-0.4, -0.2) is 54.2 Å². The third-order valence-corrected chi connectivity index (χ3v) is 4.37. The summed E-state index contributed by atoms with van der Waals surface area (Å²) in [5, 5.41) is 7.42. The van der Waals surface area contributed by atoms with E-state index in [1.54, 1.807) is 0 Å². The minimum atomic E-state index is -0.833. The van der Waals surface area contributed by atoms with Crippen molar-refractivity contribution < 1.29 is 29.0 Å². The van der Waals surface area contributed by atoms with E-state index in [0.29, 0.717) is 32.7 Å². The lowest BCUT2D eigenvalue weighted by molar-refractivity contribution is -0.170. The van der Waals surface area contributed by atoms with E-state index in [0.717, 1.165) is 13.2 Å². The van der Waals surface area contributed by atoms with Crippen molar-refractivity contribution in [3.05, 3.63) is 12.8 Å². The fourth-order valence-electron chi connectivity index (χ4n) is 2.91. The molecule has 2 aliphatic rings. The van der Waals surface area contributed by atoms with Crippen LogP contribution in [0.25, 0.3) is 0 Å². The Morgan fingerprint density at radius 1 is 1.26 bits per heavy atom. The molecular weight excluding hydrogens is 302 g/mol. The molecule has 1 amide bonds. The molecule has 1 saturated heterocycles. The summed E-state index contributed by atoms with van der Waals surface area (Å²) in [4.78, 5) is 35.0. The molecule has 1 N–H and O–H groups in total. The SMILES string of the molecule is C=COC(=O)C1CC(C(=O)N2CCOCC2)C1(C)C.CC(=O)O. The number of carboxylic acids is 1. The maximum Gasteiger partial charge on any atom is 0.314 e. The highest BCUT2D eigenvalue weighted by Crippen LogP contribution is 2.52. The lowest BCUT2D eigenvalue weighted by atomic mass is 9.54. The number of hydrogen-bond acceptors (Lipinski definition) is 5. The average Bonchev–Trinajstić information content (AvgIpc) is 2.46. The van der Waals surface area contributed by atoms with Crippen LogP contribution in [-0.2, 0) is 23.9 Å². The molecule has 7 nitrogen and oxygen atoms in total. The minimum absolute atomic E-state index is 0.104. The minimum Gasteiger partial charge on any atom is -0.481 e. The molecule has 0 aromatic heterocycles. The second-order valence-corrected chi connectivity index (χ2v) is 6.22. The van der Waals surface area contributed by atoms with Crippen molar-refractivity contribution in [2.24, 2.45) is 17.3 Å². The molecule has 2 unspecified atom stereocenters. The Labute approximate surface area is 136 Å². The molecule has 0 radical (unpaired) electrons. The standard InChI is InChI=1S/C14H21NO4.C2H4O2/c1-4-19-13(17)11-9-10(14(11,2)3)12(16)15-5-7-18-8-6-15;1-2(3)4/h4,10-11H,1,5-9H2,2-3H3;1H3,(H,3,4). The highest BCUT2D eigenvalue weighted by Gasteiger charge is 2.56. The quantitative estimate of drug-likeness (QED) is 0.620. The predicted molar refractivity (Wildman–Crippen MR) is 82.4 cm³/mol. The van der Waals surface area contributed by atoms with Crippen molar-refractivity contribution >= 4 is 17.8 Å². The summed E-state index contributed by atoms with van der Waals surface area (Å²) in [7, 11) is 0. The Balaban J connectivity index is 0.000000593. The molecule has 0 aromatic rings. The third kappa shape index (κ3) is 4.79. The van der Waals surface area contributed by atoms with Crippen molar-refractivity contribution in [2.45, 2.75) is 27.2 Å². The number of rotatable bonds is 3. The van der Waals surface area contributed by atoms with Crippen LogP contribution < -0.4 is 0 Å². The topological polar surface area (TPSA) is 93.1 Å². The summed E-state index contributed by atoms with van der Waals surface area (Å²) < 4.78 is 10.1. The van der Waals surface area contributed by atoms with E-state index in [1.165, 1.54) is 0 Å². The van der Waals surface area contributed by atoms with Gasteiger partial charge in [0.1, 0.15) is 0 Å². The molecule has 1 saturated carbocycles. The van der Waals surface area contributed by atoms with Gasteiger partial charge in [-0.3, -0.25) is 14.4 Å². The largest absolute Gasteiger partial charge is 0.481 e. The van der Waals surface area contributed by atoms with Gasteiger partial charge in [0.2, 0.25) is 5.91 Å². The van der Waals surface area contributed by atoms with Gasteiger partial charge in [0.15, 0.2) is 0 Å². The molecule has 130 valence electrons. The first-order chi connectivity index (χ1) is 10.7. The highest BCUT2D eigenvalue weighted by atomic mass is 16.5. The number of ether oxygens (including phenoxy) is 2. The second kappa shape index (κ2) is 8.10. The van der Waals surface area contributed by atoms with E-state index in [1.807, 2.05) is 18.7 Å². The lowest BCUT2D eigenvalue weighted by Crippen LogP contribution is -2.57. The van der Waals surface area contributed by atoms with Gasteiger partial charge in [-0.1, -0.05) is 20.4 Å². The fraction of sp³-hybridized carbons (Fsp3) is 0.688. The number of nitrogens with zero attached hydrogens (tertiary/aromatic N) is 1. The normalized spacial score (nSPS) is 25.3. The number of hydrogen-bond donors (Lipinski definition) is 1. The smallest absolute Gasteiger partial charge is 0.314 e. The van der Waals surface area contributed by atoms with Crippen LogP contribution in [0.1, 0.15) is 27.2 Å². The number of morpholine rings is 1. The van der Waals surface area contributed by atoms with Crippen LogP contribution in [0.5, 0.6) is 0 Å². The summed E-state index contributed by atoms with van der Waals surface area (Å²) in [5.74, 6) is -1.31. The predicted octanol–water partition coefficient (Wildman–Crippen LogP) is 1.29. The monoisotopic (exact) mass is 327 g/mol. The zero-order valence-electron chi connectivity index (χ0n) is 13.9. The van der Waals surface area contributed by atoms with Crippen LogP contribution in [0.4, 0.5) is 0 Å². The van der Waals surface area contributed by atoms with Crippen LogP contribution >= 0.6 is 0 Å². The van der Waals surface area contributed by atoms with E-state index in [4.69, 9.17) is 19.4 Å². The molecule has 2 atom stereocenters. The first kappa shape index (κ1) is 19.2. The molecule has 1 aliphatic carbocycles. The summed E-state index contributed by atoms with van der Waals surface area (Å²) in [5.41, 5.74) is -0.352. The summed E-state index contributed by atoms with van der Waals surface area (Å²) in [6.07, 6.45) is 1.71. The van der Waals surface area contributed by atoms with Crippen molar-refractivity contribution in [1.29, 1.82) is 0 Å². The maximum atomic E-state index is 12.4. The van der Waals surface area contributed by atoms with Gasteiger partial charge in [0.05, 0.1) is 25.4 Å². The Hall–Kier alpha value is -1.89. The Morgan fingerprint density at radius 2 is 1.78 bits per heavy atom. The average molecular weight is 327 g/mol. The van der Waals surface area contributed by atoms with Gasteiger partial charge in [0, 0.05) is 25.9 Å². The van der Waals surface area contributed by atoms with Gasteiger partial charge in [-0.25, -0.2) is 0 Å². The van der Waals surface area contributed by atoms with Gasteiger partial charge >= 0.3 is 5.97 Å². The first-order valence-electron chi connectivity index (χ1n) is 7.59. The molecule has 0 spiro atoms. The number of carbonyl (C=O) groups is 3. The van der Waals surface area contributed by atoms with Crippen molar-refractivity contribution in [3.8, 4) is 0 Å². The van der Waals surface area contributed by atoms with Crippen molar-refractivity contribution in [3.63, 3.8) is 0 Å². The zero-order valence-corrected chi connectivity index (χ0v) is 13.9. The number of esters is 1. The fourth-order valence-corrected chi connectivity index (χ4v) is 2.91. The van der Waals surface area contributed by atoms with E-state index >= 15 is 0 Å². The van der Waals surface area contributed by atoms with Crippen LogP contribution in [0.15, 0.2) is 12.8 Å². The molecule has 0 bridgehead atoms. The molecule has 1 heterocycles. The highest BCUT2D eigenvalue weighted by molar-refractivity contribution is 5.85. The van der Waals surface area contributed by atoms with Gasteiger partial charge in [-0.2, -0.15) is 0 Å². The summed E-state index contributed by atoms with van der Waals surface area (Å²) >= 11 is 0. The number of carboxylic acid groups (broad SMARTS) is 1. The van der Waals surface area contributed by atoms with E-state index in [9.17, 15) is 9.59 Å². The van der Waals surface area contributed by atoms with Crippen molar-refractivity contribution in [2.75, 3.05) is 26.3 Å². The first-order valence-corrected chi connectivity index (χ1v) is 7.59. The molecule has 1 aliphatic heterocycles.